The standard InChI is InChI=1S/C16H19NO5S/c1-20-13-7-9-14(10-8-13)22-12-11-17-23(18,19)16-6-4-3-5-15(16)21-2/h3-10,17H,11-12H2,1-2H3. The molecular weight excluding hydrogens is 318 g/mol. The van der Waals surface area contributed by atoms with Gasteiger partial charge in [0, 0.05) is 6.54 Å². The molecule has 2 aromatic carbocycles. The van der Waals surface area contributed by atoms with Crippen LogP contribution in [0.2, 0.25) is 0 Å². The molecule has 1 N–H and O–H groups in total. The highest BCUT2D eigenvalue weighted by Gasteiger charge is 2.18. The minimum atomic E-state index is -3.64. The van der Waals surface area contributed by atoms with Crippen molar-refractivity contribution in [2.24, 2.45) is 0 Å². The second kappa shape index (κ2) is 7.85. The molecule has 0 amide bonds. The summed E-state index contributed by atoms with van der Waals surface area (Å²) in [5, 5.41) is 0. The van der Waals surface area contributed by atoms with Gasteiger partial charge >= 0.3 is 0 Å². The second-order valence-electron chi connectivity index (χ2n) is 4.57. The largest absolute Gasteiger partial charge is 0.497 e. The van der Waals surface area contributed by atoms with Crippen molar-refractivity contribution >= 4 is 10.0 Å². The Kier molecular flexibility index (Phi) is 5.84. The van der Waals surface area contributed by atoms with Gasteiger partial charge in [0.15, 0.2) is 0 Å². The van der Waals surface area contributed by atoms with Gasteiger partial charge in [-0.05, 0) is 36.4 Å². The number of nitrogens with one attached hydrogen (secondary N) is 1. The van der Waals surface area contributed by atoms with Crippen LogP contribution in [0.1, 0.15) is 0 Å². The molecule has 0 atom stereocenters. The van der Waals surface area contributed by atoms with E-state index < -0.39 is 10.0 Å². The molecule has 2 rings (SSSR count). The normalized spacial score (nSPS) is 11.0. The molecule has 0 aliphatic rings. The minimum Gasteiger partial charge on any atom is -0.497 e. The third-order valence-electron chi connectivity index (χ3n) is 3.08. The van der Waals surface area contributed by atoms with E-state index in [-0.39, 0.29) is 18.0 Å². The molecule has 6 nitrogen and oxygen atoms in total. The molecule has 0 bridgehead atoms. The number of rotatable bonds is 8. The van der Waals surface area contributed by atoms with Crippen LogP contribution >= 0.6 is 0 Å². The monoisotopic (exact) mass is 337 g/mol. The first-order valence-corrected chi connectivity index (χ1v) is 8.44. The molecule has 0 unspecified atom stereocenters. The van der Waals surface area contributed by atoms with Gasteiger partial charge in [-0.3, -0.25) is 0 Å². The third kappa shape index (κ3) is 4.61. The van der Waals surface area contributed by atoms with Crippen molar-refractivity contribution in [3.8, 4) is 17.2 Å². The summed E-state index contributed by atoms with van der Waals surface area (Å²) in [6.45, 7) is 0.354. The SMILES string of the molecule is COc1ccc(OCCNS(=O)(=O)c2ccccc2OC)cc1. The lowest BCUT2D eigenvalue weighted by atomic mass is 10.3. The molecule has 2 aromatic rings. The van der Waals surface area contributed by atoms with Crippen molar-refractivity contribution in [1.29, 1.82) is 0 Å². The fraction of sp³-hybridized carbons (Fsp3) is 0.250. The Morgan fingerprint density at radius 2 is 1.57 bits per heavy atom. The average molecular weight is 337 g/mol. The number of hydrogen-bond donors (Lipinski definition) is 1. The van der Waals surface area contributed by atoms with Crippen LogP contribution in [0.5, 0.6) is 17.2 Å². The summed E-state index contributed by atoms with van der Waals surface area (Å²) in [5.74, 6) is 1.67. The topological polar surface area (TPSA) is 73.9 Å². The van der Waals surface area contributed by atoms with Crippen molar-refractivity contribution in [1.82, 2.24) is 4.72 Å². The summed E-state index contributed by atoms with van der Waals surface area (Å²) < 4.78 is 42.6. The van der Waals surface area contributed by atoms with Crippen LogP contribution in [0.15, 0.2) is 53.4 Å². The first-order chi connectivity index (χ1) is 11.1. The van der Waals surface area contributed by atoms with E-state index in [1.165, 1.54) is 13.2 Å². The Bertz CT molecular complexity index is 728. The fourth-order valence-electron chi connectivity index (χ4n) is 1.94. The summed E-state index contributed by atoms with van der Waals surface area (Å²) in [7, 11) is -0.626. The maximum absolute atomic E-state index is 12.2. The lowest BCUT2D eigenvalue weighted by molar-refractivity contribution is 0.321. The zero-order chi connectivity index (χ0) is 16.7. The highest BCUT2D eigenvalue weighted by Crippen LogP contribution is 2.22. The quantitative estimate of drug-likeness (QED) is 0.747. The van der Waals surface area contributed by atoms with Gasteiger partial charge in [-0.25, -0.2) is 13.1 Å². The van der Waals surface area contributed by atoms with Gasteiger partial charge in [-0.1, -0.05) is 12.1 Å². The predicted octanol–water partition coefficient (Wildman–Crippen LogP) is 2.06. The number of hydrogen-bond acceptors (Lipinski definition) is 5. The van der Waals surface area contributed by atoms with Crippen LogP contribution in [0.3, 0.4) is 0 Å². The van der Waals surface area contributed by atoms with E-state index in [0.29, 0.717) is 11.5 Å². The molecule has 0 heterocycles. The molecule has 0 saturated carbocycles. The molecule has 0 aliphatic heterocycles. The Hall–Kier alpha value is -2.25. The summed E-state index contributed by atoms with van der Waals surface area (Å²) in [6.07, 6.45) is 0. The van der Waals surface area contributed by atoms with Crippen LogP contribution in [0.4, 0.5) is 0 Å². The Morgan fingerprint density at radius 1 is 0.913 bits per heavy atom. The van der Waals surface area contributed by atoms with Crippen molar-refractivity contribution in [2.45, 2.75) is 4.90 Å². The zero-order valence-corrected chi connectivity index (χ0v) is 13.8. The summed E-state index contributed by atoms with van der Waals surface area (Å²) >= 11 is 0. The molecule has 0 spiro atoms. The van der Waals surface area contributed by atoms with E-state index in [0.717, 1.165) is 5.75 Å². The van der Waals surface area contributed by atoms with Crippen LogP contribution in [-0.4, -0.2) is 35.8 Å². The lowest BCUT2D eigenvalue weighted by Crippen LogP contribution is -2.28. The van der Waals surface area contributed by atoms with E-state index in [1.807, 2.05) is 0 Å². The molecular formula is C16H19NO5S. The Morgan fingerprint density at radius 3 is 2.22 bits per heavy atom. The number of methoxy groups -OCH3 is 2. The molecule has 0 saturated heterocycles. The maximum Gasteiger partial charge on any atom is 0.244 e. The van der Waals surface area contributed by atoms with Crippen LogP contribution in [0, 0.1) is 0 Å². The van der Waals surface area contributed by atoms with E-state index in [9.17, 15) is 8.42 Å². The van der Waals surface area contributed by atoms with Gasteiger partial charge in [-0.2, -0.15) is 0 Å². The van der Waals surface area contributed by atoms with Gasteiger partial charge < -0.3 is 14.2 Å². The molecule has 0 aliphatic carbocycles. The molecule has 7 heteroatoms. The Balaban J connectivity index is 1.89. The van der Waals surface area contributed by atoms with Crippen LogP contribution in [0.25, 0.3) is 0 Å². The smallest absolute Gasteiger partial charge is 0.244 e. The first kappa shape index (κ1) is 17.1. The Labute approximate surface area is 136 Å². The van der Waals surface area contributed by atoms with Crippen LogP contribution in [-0.2, 0) is 10.0 Å². The fourth-order valence-corrected chi connectivity index (χ4v) is 3.12. The number of sulfonamides is 1. The molecule has 0 fully saturated rings. The van der Waals surface area contributed by atoms with Gasteiger partial charge in [0.1, 0.15) is 28.8 Å². The van der Waals surface area contributed by atoms with Crippen molar-refractivity contribution in [3.63, 3.8) is 0 Å². The van der Waals surface area contributed by atoms with Crippen molar-refractivity contribution < 1.29 is 22.6 Å². The van der Waals surface area contributed by atoms with Gasteiger partial charge in [-0.15, -0.1) is 0 Å². The van der Waals surface area contributed by atoms with Gasteiger partial charge in [0.2, 0.25) is 10.0 Å². The third-order valence-corrected chi connectivity index (χ3v) is 4.58. The second-order valence-corrected chi connectivity index (χ2v) is 6.31. The maximum atomic E-state index is 12.2. The number of ether oxygens (including phenoxy) is 3. The highest BCUT2D eigenvalue weighted by atomic mass is 32.2. The first-order valence-electron chi connectivity index (χ1n) is 6.96. The van der Waals surface area contributed by atoms with E-state index in [2.05, 4.69) is 4.72 Å². The van der Waals surface area contributed by atoms with E-state index >= 15 is 0 Å². The van der Waals surface area contributed by atoms with Gasteiger partial charge in [0.05, 0.1) is 14.2 Å². The summed E-state index contributed by atoms with van der Waals surface area (Å²) in [4.78, 5) is 0.104. The molecule has 0 aromatic heterocycles. The summed E-state index contributed by atoms with van der Waals surface area (Å²) in [5.41, 5.74) is 0. The molecule has 0 radical (unpaired) electrons. The van der Waals surface area contributed by atoms with E-state index in [1.54, 1.807) is 49.6 Å². The highest BCUT2D eigenvalue weighted by molar-refractivity contribution is 7.89. The number of para-hydroxylation sites is 1. The average Bonchev–Trinajstić information content (AvgIpc) is 2.59. The minimum absolute atomic E-state index is 0.104. The van der Waals surface area contributed by atoms with Crippen molar-refractivity contribution in [3.05, 3.63) is 48.5 Å². The molecule has 124 valence electrons. The van der Waals surface area contributed by atoms with Crippen LogP contribution < -0.4 is 18.9 Å². The predicted molar refractivity (Wildman–Crippen MR) is 86.7 cm³/mol. The zero-order valence-electron chi connectivity index (χ0n) is 13.0. The lowest BCUT2D eigenvalue weighted by Gasteiger charge is -2.11. The number of benzene rings is 2. The molecule has 23 heavy (non-hydrogen) atoms. The summed E-state index contributed by atoms with van der Waals surface area (Å²) in [6, 6.07) is 13.5. The van der Waals surface area contributed by atoms with Gasteiger partial charge in [0.25, 0.3) is 0 Å². The van der Waals surface area contributed by atoms with E-state index in [4.69, 9.17) is 14.2 Å². The van der Waals surface area contributed by atoms with Crippen molar-refractivity contribution in [2.75, 3.05) is 27.4 Å².